The number of rotatable bonds is 8. The predicted octanol–water partition coefficient (Wildman–Crippen LogP) is 5.41. The zero-order valence-corrected chi connectivity index (χ0v) is 21.1. The molecule has 0 bridgehead atoms. The lowest BCUT2D eigenvalue weighted by Crippen LogP contribution is -2.32. The van der Waals surface area contributed by atoms with Crippen LogP contribution in [0.4, 0.5) is 14.9 Å². The minimum atomic E-state index is -1.02. The van der Waals surface area contributed by atoms with Gasteiger partial charge in [0.15, 0.2) is 0 Å². The quantitative estimate of drug-likeness (QED) is 0.375. The summed E-state index contributed by atoms with van der Waals surface area (Å²) in [4.78, 5) is 36.4. The normalized spacial score (nSPS) is 10.9. The van der Waals surface area contributed by atoms with Crippen LogP contribution in [0.2, 0.25) is 0 Å². The van der Waals surface area contributed by atoms with Crippen LogP contribution >= 0.6 is 0 Å². The average Bonchev–Trinajstić information content (AvgIpc) is 2.81. The third kappa shape index (κ3) is 7.54. The van der Waals surface area contributed by atoms with E-state index >= 15 is 0 Å². The van der Waals surface area contributed by atoms with Crippen molar-refractivity contribution in [3.63, 3.8) is 0 Å². The lowest BCUT2D eigenvalue weighted by atomic mass is 9.98. The van der Waals surface area contributed by atoms with Crippen LogP contribution < -0.4 is 15.4 Å². The molecule has 0 aromatic heterocycles. The maximum absolute atomic E-state index is 14.5. The molecule has 3 aromatic carbocycles. The minimum Gasteiger partial charge on any atom is -0.495 e. The Kier molecular flexibility index (Phi) is 8.49. The van der Waals surface area contributed by atoms with E-state index in [0.717, 1.165) is 0 Å². The van der Waals surface area contributed by atoms with Crippen LogP contribution in [0, 0.1) is 5.82 Å². The minimum absolute atomic E-state index is 0.0303. The summed E-state index contributed by atoms with van der Waals surface area (Å²) in [6, 6.07) is 15.8. The number of carboxylic acids is 1. The number of benzene rings is 3. The van der Waals surface area contributed by atoms with Crippen LogP contribution in [-0.4, -0.2) is 35.8 Å². The average molecular weight is 509 g/mol. The van der Waals surface area contributed by atoms with Gasteiger partial charge in [-0.2, -0.15) is 0 Å². The number of hydrogen-bond acceptors (Lipinski definition) is 5. The lowest BCUT2D eigenvalue weighted by Gasteiger charge is -2.20. The summed E-state index contributed by atoms with van der Waals surface area (Å²) < 4.78 is 25.3. The largest absolute Gasteiger partial charge is 0.495 e. The van der Waals surface area contributed by atoms with Crippen molar-refractivity contribution in [2.24, 2.45) is 0 Å². The number of hydrogen-bond donors (Lipinski definition) is 3. The first-order valence-corrected chi connectivity index (χ1v) is 11.5. The molecule has 8 nitrogen and oxygen atoms in total. The molecular formula is C28H29FN2O6. The van der Waals surface area contributed by atoms with E-state index in [0.29, 0.717) is 27.9 Å². The van der Waals surface area contributed by atoms with Gasteiger partial charge in [-0.1, -0.05) is 30.3 Å². The van der Waals surface area contributed by atoms with Crippen molar-refractivity contribution in [2.75, 3.05) is 12.4 Å². The second kappa shape index (κ2) is 11.6. The fourth-order valence-corrected chi connectivity index (χ4v) is 3.71. The highest BCUT2D eigenvalue weighted by molar-refractivity contribution is 6.08. The molecule has 3 N–H and O–H groups in total. The van der Waals surface area contributed by atoms with Crippen LogP contribution in [0.5, 0.6) is 5.75 Å². The van der Waals surface area contributed by atoms with Gasteiger partial charge in [0.1, 0.15) is 17.2 Å². The number of carboxylic acid groups (broad SMARTS) is 1. The summed E-state index contributed by atoms with van der Waals surface area (Å²) in [5, 5.41) is 14.5. The first kappa shape index (κ1) is 27.2. The molecule has 3 rings (SSSR count). The SMILES string of the molecule is COc1c(C(=O)Nc2ccccc2CC(=O)O)cccc1-c1cc(F)cc(CNC(=O)OC(C)(C)C)c1. The van der Waals surface area contributed by atoms with Crippen molar-refractivity contribution in [1.82, 2.24) is 5.32 Å². The van der Waals surface area contributed by atoms with Crippen molar-refractivity contribution in [1.29, 1.82) is 0 Å². The number of carbonyl (C=O) groups is 3. The van der Waals surface area contributed by atoms with Gasteiger partial charge in [0, 0.05) is 17.8 Å². The van der Waals surface area contributed by atoms with Crippen molar-refractivity contribution in [3.8, 4) is 16.9 Å². The van der Waals surface area contributed by atoms with E-state index in [2.05, 4.69) is 10.6 Å². The molecule has 0 atom stereocenters. The van der Waals surface area contributed by atoms with E-state index in [1.807, 2.05) is 0 Å². The zero-order chi connectivity index (χ0) is 27.2. The van der Waals surface area contributed by atoms with Gasteiger partial charge < -0.3 is 25.2 Å². The number of para-hydroxylation sites is 2. The Morgan fingerprint density at radius 2 is 1.73 bits per heavy atom. The number of ether oxygens (including phenoxy) is 2. The van der Waals surface area contributed by atoms with Crippen LogP contribution in [0.15, 0.2) is 60.7 Å². The standard InChI is InChI=1S/C28H29FN2O6/c1-28(2,3)37-27(35)30-16-17-12-19(14-20(29)13-17)21-9-7-10-22(25(21)36-4)26(34)31-23-11-6-5-8-18(23)15-24(32)33/h5-14H,15-16H2,1-4H3,(H,30,35)(H,31,34)(H,32,33). The van der Waals surface area contributed by atoms with Crippen LogP contribution in [0.1, 0.15) is 42.3 Å². The van der Waals surface area contributed by atoms with Gasteiger partial charge in [0.25, 0.3) is 5.91 Å². The van der Waals surface area contributed by atoms with E-state index < -0.39 is 29.4 Å². The van der Waals surface area contributed by atoms with Crippen molar-refractivity contribution < 1.29 is 33.4 Å². The summed E-state index contributed by atoms with van der Waals surface area (Å²) in [7, 11) is 1.40. The fourth-order valence-electron chi connectivity index (χ4n) is 3.71. The molecule has 2 amide bonds. The summed E-state index contributed by atoms with van der Waals surface area (Å²) in [5.74, 6) is -1.85. The smallest absolute Gasteiger partial charge is 0.407 e. The highest BCUT2D eigenvalue weighted by Gasteiger charge is 2.20. The van der Waals surface area contributed by atoms with Crippen molar-refractivity contribution >= 4 is 23.7 Å². The summed E-state index contributed by atoms with van der Waals surface area (Å²) in [5.41, 5.74) is 1.72. The zero-order valence-electron chi connectivity index (χ0n) is 21.1. The van der Waals surface area contributed by atoms with Gasteiger partial charge in [-0.05, 0) is 67.8 Å². The number of halogens is 1. The second-order valence-corrected chi connectivity index (χ2v) is 9.27. The van der Waals surface area contributed by atoms with Gasteiger partial charge in [0.2, 0.25) is 0 Å². The first-order chi connectivity index (χ1) is 17.5. The Balaban J connectivity index is 1.89. The third-order valence-corrected chi connectivity index (χ3v) is 5.18. The monoisotopic (exact) mass is 508 g/mol. The molecule has 0 radical (unpaired) electrons. The van der Waals surface area contributed by atoms with E-state index in [1.165, 1.54) is 19.2 Å². The number of aliphatic carboxylic acids is 1. The molecule has 0 saturated heterocycles. The molecule has 0 aliphatic heterocycles. The Bertz CT molecular complexity index is 1320. The first-order valence-electron chi connectivity index (χ1n) is 11.5. The Morgan fingerprint density at radius 1 is 1.00 bits per heavy atom. The molecule has 0 fully saturated rings. The van der Waals surface area contributed by atoms with Crippen molar-refractivity contribution in [2.45, 2.75) is 39.3 Å². The van der Waals surface area contributed by atoms with Gasteiger partial charge in [0.05, 0.1) is 19.1 Å². The molecule has 3 aromatic rings. The Labute approximate surface area is 214 Å². The van der Waals surface area contributed by atoms with Gasteiger partial charge in [-0.3, -0.25) is 9.59 Å². The number of carbonyl (C=O) groups excluding carboxylic acids is 2. The van der Waals surface area contributed by atoms with E-state index in [1.54, 1.807) is 69.3 Å². The maximum atomic E-state index is 14.5. The van der Waals surface area contributed by atoms with Gasteiger partial charge in [-0.15, -0.1) is 0 Å². The van der Waals surface area contributed by atoms with Crippen LogP contribution in [0.25, 0.3) is 11.1 Å². The molecular weight excluding hydrogens is 479 g/mol. The van der Waals surface area contributed by atoms with E-state index in [4.69, 9.17) is 14.6 Å². The number of methoxy groups -OCH3 is 1. The second-order valence-electron chi connectivity index (χ2n) is 9.27. The number of anilines is 1. The van der Waals surface area contributed by atoms with Gasteiger partial charge >= 0.3 is 12.1 Å². The molecule has 9 heteroatoms. The lowest BCUT2D eigenvalue weighted by molar-refractivity contribution is -0.136. The molecule has 0 aliphatic rings. The van der Waals surface area contributed by atoms with Gasteiger partial charge in [-0.25, -0.2) is 9.18 Å². The fraction of sp³-hybridized carbons (Fsp3) is 0.250. The molecule has 0 saturated carbocycles. The van der Waals surface area contributed by atoms with Crippen LogP contribution in [-0.2, 0) is 22.5 Å². The molecule has 0 unspecified atom stereocenters. The number of alkyl carbamates (subject to hydrolysis) is 1. The number of amides is 2. The molecule has 194 valence electrons. The number of nitrogens with one attached hydrogen (secondary N) is 2. The molecule has 0 aliphatic carbocycles. The van der Waals surface area contributed by atoms with Crippen molar-refractivity contribution in [3.05, 3.63) is 83.2 Å². The van der Waals surface area contributed by atoms with E-state index in [9.17, 15) is 18.8 Å². The topological polar surface area (TPSA) is 114 Å². The Morgan fingerprint density at radius 3 is 2.41 bits per heavy atom. The van der Waals surface area contributed by atoms with Crippen LogP contribution in [0.3, 0.4) is 0 Å². The van der Waals surface area contributed by atoms with E-state index in [-0.39, 0.29) is 24.3 Å². The summed E-state index contributed by atoms with van der Waals surface area (Å²) >= 11 is 0. The Hall–Kier alpha value is -4.40. The highest BCUT2D eigenvalue weighted by Crippen LogP contribution is 2.35. The summed E-state index contributed by atoms with van der Waals surface area (Å²) in [6.45, 7) is 5.26. The molecule has 0 heterocycles. The summed E-state index contributed by atoms with van der Waals surface area (Å²) in [6.07, 6.45) is -0.880. The maximum Gasteiger partial charge on any atom is 0.407 e. The molecule has 0 spiro atoms. The third-order valence-electron chi connectivity index (χ3n) is 5.18. The molecule has 37 heavy (non-hydrogen) atoms. The predicted molar refractivity (Wildman–Crippen MR) is 137 cm³/mol. The highest BCUT2D eigenvalue weighted by atomic mass is 19.1.